The maximum atomic E-state index is 13.2. The molecule has 6 nitrogen and oxygen atoms in total. The van der Waals surface area contributed by atoms with E-state index in [1.807, 2.05) is 47.5 Å². The van der Waals surface area contributed by atoms with Crippen LogP contribution < -0.4 is 5.32 Å². The Morgan fingerprint density at radius 1 is 0.857 bits per heavy atom. The molecule has 4 rings (SSSR count). The first-order valence-electron chi connectivity index (χ1n) is 12.1. The van der Waals surface area contributed by atoms with Crippen LogP contribution in [0.5, 0.6) is 0 Å². The molecule has 2 aromatic carbocycles. The Hall–Kier alpha value is -3.45. The maximum absolute atomic E-state index is 13.2. The number of thiophene rings is 1. The van der Waals surface area contributed by atoms with Crippen LogP contribution >= 0.6 is 11.3 Å². The van der Waals surface area contributed by atoms with Gasteiger partial charge in [-0.1, -0.05) is 29.8 Å². The molecule has 182 valence electrons. The van der Waals surface area contributed by atoms with Gasteiger partial charge < -0.3 is 15.1 Å². The number of anilines is 1. The lowest BCUT2D eigenvalue weighted by Gasteiger charge is -2.22. The fourth-order valence-electron chi connectivity index (χ4n) is 4.30. The van der Waals surface area contributed by atoms with Crippen LogP contribution in [0.4, 0.5) is 5.69 Å². The Morgan fingerprint density at radius 3 is 2.20 bits per heavy atom. The molecule has 1 aromatic heterocycles. The molecule has 0 aliphatic carbocycles. The number of hydrogen-bond donors (Lipinski definition) is 1. The molecule has 0 spiro atoms. The summed E-state index contributed by atoms with van der Waals surface area (Å²) in [5, 5.41) is 4.96. The molecule has 1 aliphatic heterocycles. The number of hydrogen-bond acceptors (Lipinski definition) is 4. The molecule has 1 fully saturated rings. The van der Waals surface area contributed by atoms with E-state index in [9.17, 15) is 14.4 Å². The molecule has 0 saturated carbocycles. The van der Waals surface area contributed by atoms with Crippen molar-refractivity contribution in [1.29, 1.82) is 0 Å². The van der Waals surface area contributed by atoms with Crippen molar-refractivity contribution in [3.63, 3.8) is 0 Å². The number of carbonyl (C=O) groups is 3. The highest BCUT2D eigenvalue weighted by molar-refractivity contribution is 7.09. The molecular weight excluding hydrogens is 458 g/mol. The van der Waals surface area contributed by atoms with E-state index in [0.29, 0.717) is 49.4 Å². The maximum Gasteiger partial charge on any atom is 0.253 e. The van der Waals surface area contributed by atoms with Gasteiger partial charge in [-0.3, -0.25) is 14.4 Å². The number of aryl methyl sites for hydroxylation is 2. The van der Waals surface area contributed by atoms with Crippen LogP contribution in [0.15, 0.2) is 66.0 Å². The van der Waals surface area contributed by atoms with Crippen molar-refractivity contribution >= 4 is 34.7 Å². The van der Waals surface area contributed by atoms with Crippen molar-refractivity contribution in [2.75, 3.05) is 31.5 Å². The van der Waals surface area contributed by atoms with Crippen LogP contribution in [0.3, 0.4) is 0 Å². The van der Waals surface area contributed by atoms with Gasteiger partial charge in [0.15, 0.2) is 0 Å². The van der Waals surface area contributed by atoms with Crippen molar-refractivity contribution in [2.45, 2.75) is 32.6 Å². The molecule has 1 aliphatic rings. The topological polar surface area (TPSA) is 69.7 Å². The van der Waals surface area contributed by atoms with Gasteiger partial charge in [-0.2, -0.15) is 0 Å². The molecule has 2 heterocycles. The summed E-state index contributed by atoms with van der Waals surface area (Å²) in [5.41, 5.74) is 2.91. The molecule has 0 atom stereocenters. The molecule has 1 N–H and O–H groups in total. The predicted molar refractivity (Wildman–Crippen MR) is 140 cm³/mol. The highest BCUT2D eigenvalue weighted by Gasteiger charge is 2.24. The van der Waals surface area contributed by atoms with Crippen LogP contribution in [-0.4, -0.2) is 53.7 Å². The van der Waals surface area contributed by atoms with E-state index in [2.05, 4.69) is 11.4 Å². The van der Waals surface area contributed by atoms with Crippen molar-refractivity contribution < 1.29 is 14.4 Å². The normalized spacial score (nSPS) is 13.9. The summed E-state index contributed by atoms with van der Waals surface area (Å²) in [6, 6.07) is 18.8. The summed E-state index contributed by atoms with van der Waals surface area (Å²) >= 11 is 1.70. The number of nitrogens with zero attached hydrogens (tertiary/aromatic N) is 2. The van der Waals surface area contributed by atoms with E-state index in [0.717, 1.165) is 24.8 Å². The van der Waals surface area contributed by atoms with Crippen LogP contribution in [0.2, 0.25) is 0 Å². The molecule has 7 heteroatoms. The van der Waals surface area contributed by atoms with E-state index < -0.39 is 0 Å². The van der Waals surface area contributed by atoms with Crippen molar-refractivity contribution in [3.05, 3.63) is 87.6 Å². The third-order valence-corrected chi connectivity index (χ3v) is 7.07. The van der Waals surface area contributed by atoms with Gasteiger partial charge in [-0.05, 0) is 68.0 Å². The Bertz CT molecular complexity index is 1180. The second-order valence-electron chi connectivity index (χ2n) is 8.87. The molecule has 1 saturated heterocycles. The minimum Gasteiger partial charge on any atom is -0.337 e. The molecule has 35 heavy (non-hydrogen) atoms. The lowest BCUT2D eigenvalue weighted by atomic mass is 10.1. The molecule has 3 amide bonds. The van der Waals surface area contributed by atoms with Crippen molar-refractivity contribution in [2.24, 2.45) is 0 Å². The molecule has 3 aromatic rings. The summed E-state index contributed by atoms with van der Waals surface area (Å²) in [4.78, 5) is 43.4. The smallest absolute Gasteiger partial charge is 0.253 e. The van der Waals surface area contributed by atoms with E-state index in [4.69, 9.17) is 0 Å². The number of amides is 3. The molecule has 0 unspecified atom stereocenters. The third kappa shape index (κ3) is 6.79. The third-order valence-electron chi connectivity index (χ3n) is 6.14. The van der Waals surface area contributed by atoms with Gasteiger partial charge in [0, 0.05) is 54.3 Å². The van der Waals surface area contributed by atoms with Gasteiger partial charge in [-0.25, -0.2) is 0 Å². The Balaban J connectivity index is 1.31. The standard InChI is InChI=1S/C28H31N3O3S/c1-21-7-2-8-22(19-21)27(33)30-14-6-15-31(17-16-30)28(34)23-9-3-10-24(20-23)29-26(32)13-4-11-25-12-5-18-35-25/h2-3,5,7-10,12,18-20H,4,6,11,13-17H2,1H3,(H,29,32). The van der Waals surface area contributed by atoms with Gasteiger partial charge in [0.05, 0.1) is 0 Å². The van der Waals surface area contributed by atoms with Gasteiger partial charge in [0.1, 0.15) is 0 Å². The molecule has 0 radical (unpaired) electrons. The van der Waals surface area contributed by atoms with Crippen LogP contribution in [0.1, 0.15) is 50.4 Å². The lowest BCUT2D eigenvalue weighted by molar-refractivity contribution is -0.116. The van der Waals surface area contributed by atoms with Crippen LogP contribution in [-0.2, 0) is 11.2 Å². The van der Waals surface area contributed by atoms with E-state index in [-0.39, 0.29) is 17.7 Å². The number of rotatable bonds is 7. The van der Waals surface area contributed by atoms with Gasteiger partial charge in [0.25, 0.3) is 11.8 Å². The Morgan fingerprint density at radius 2 is 1.54 bits per heavy atom. The second-order valence-corrected chi connectivity index (χ2v) is 9.90. The highest BCUT2D eigenvalue weighted by Crippen LogP contribution is 2.17. The molecule has 0 bridgehead atoms. The first-order valence-corrected chi connectivity index (χ1v) is 12.9. The Kier molecular flexibility index (Phi) is 8.32. The summed E-state index contributed by atoms with van der Waals surface area (Å²) in [6.07, 6.45) is 2.84. The van der Waals surface area contributed by atoms with Crippen molar-refractivity contribution in [3.8, 4) is 0 Å². The Labute approximate surface area is 210 Å². The summed E-state index contributed by atoms with van der Waals surface area (Å²) < 4.78 is 0. The highest BCUT2D eigenvalue weighted by atomic mass is 32.1. The zero-order valence-corrected chi connectivity index (χ0v) is 20.9. The van der Waals surface area contributed by atoms with Crippen molar-refractivity contribution in [1.82, 2.24) is 9.80 Å². The monoisotopic (exact) mass is 489 g/mol. The second kappa shape index (κ2) is 11.8. The molecular formula is C28H31N3O3S. The zero-order chi connectivity index (χ0) is 24.6. The van der Waals surface area contributed by atoms with Crippen LogP contribution in [0, 0.1) is 6.92 Å². The largest absolute Gasteiger partial charge is 0.337 e. The fraction of sp³-hybridized carbons (Fsp3) is 0.321. The van der Waals surface area contributed by atoms with Gasteiger partial charge in [-0.15, -0.1) is 11.3 Å². The summed E-state index contributed by atoms with van der Waals surface area (Å²) in [5.74, 6) is -0.123. The van der Waals surface area contributed by atoms with E-state index >= 15 is 0 Å². The fourth-order valence-corrected chi connectivity index (χ4v) is 5.05. The SMILES string of the molecule is Cc1cccc(C(=O)N2CCCN(C(=O)c3cccc(NC(=O)CCCc4cccs4)c3)CC2)c1. The number of nitrogens with one attached hydrogen (secondary N) is 1. The van der Waals surface area contributed by atoms with E-state index in [1.54, 1.807) is 40.5 Å². The summed E-state index contributed by atoms with van der Waals surface area (Å²) in [6.45, 7) is 4.17. The van der Waals surface area contributed by atoms with Gasteiger partial charge >= 0.3 is 0 Å². The van der Waals surface area contributed by atoms with Crippen LogP contribution in [0.25, 0.3) is 0 Å². The number of carbonyl (C=O) groups excluding carboxylic acids is 3. The number of benzene rings is 2. The lowest BCUT2D eigenvalue weighted by Crippen LogP contribution is -2.37. The first kappa shape index (κ1) is 24.7. The summed E-state index contributed by atoms with van der Waals surface area (Å²) in [7, 11) is 0. The minimum atomic E-state index is -0.0800. The average Bonchev–Trinajstić information content (AvgIpc) is 3.25. The zero-order valence-electron chi connectivity index (χ0n) is 20.0. The predicted octanol–water partition coefficient (Wildman–Crippen LogP) is 5.01. The quantitative estimate of drug-likeness (QED) is 0.507. The first-order chi connectivity index (χ1) is 17.0. The average molecular weight is 490 g/mol. The van der Waals surface area contributed by atoms with Gasteiger partial charge in [0.2, 0.25) is 5.91 Å². The minimum absolute atomic E-state index is 0.00628. The van der Waals surface area contributed by atoms with E-state index in [1.165, 1.54) is 4.88 Å².